The van der Waals surface area contributed by atoms with E-state index in [-0.39, 0.29) is 13.2 Å². The Bertz CT molecular complexity index is 601. The highest BCUT2D eigenvalue weighted by Gasteiger charge is 2.16. The summed E-state index contributed by atoms with van der Waals surface area (Å²) >= 11 is 0. The van der Waals surface area contributed by atoms with E-state index in [9.17, 15) is 14.4 Å². The molecule has 0 saturated heterocycles. The summed E-state index contributed by atoms with van der Waals surface area (Å²) in [5, 5.41) is 5.18. The number of amides is 3. The van der Waals surface area contributed by atoms with Gasteiger partial charge in [-0.25, -0.2) is 9.59 Å². The third-order valence-corrected chi connectivity index (χ3v) is 2.92. The second-order valence-corrected chi connectivity index (χ2v) is 6.58. The van der Waals surface area contributed by atoms with Crippen molar-refractivity contribution >= 4 is 18.1 Å². The summed E-state index contributed by atoms with van der Waals surface area (Å²) in [5.41, 5.74) is 2.27. The van der Waals surface area contributed by atoms with Crippen LogP contribution < -0.4 is 16.1 Å². The summed E-state index contributed by atoms with van der Waals surface area (Å²) < 4.78 is 10.0. The predicted molar refractivity (Wildman–Crippen MR) is 97.6 cm³/mol. The summed E-state index contributed by atoms with van der Waals surface area (Å²) in [4.78, 5) is 39.1. The van der Waals surface area contributed by atoms with E-state index in [1.807, 2.05) is 35.8 Å². The number of benzene rings is 1. The first-order valence-corrected chi connectivity index (χ1v) is 8.58. The summed E-state index contributed by atoms with van der Waals surface area (Å²) in [6.07, 6.45) is -0.769. The van der Waals surface area contributed by atoms with E-state index in [2.05, 4.69) is 10.6 Å². The fourth-order valence-electron chi connectivity index (χ4n) is 1.79. The average molecular weight is 381 g/mol. The molecule has 3 N–H and O–H groups in total. The minimum absolute atomic E-state index is 0.200. The summed E-state index contributed by atoms with van der Waals surface area (Å²) in [7, 11) is 0. The molecular weight excluding hydrogens is 354 g/mol. The number of carbonyl (C=O) groups is 3. The van der Waals surface area contributed by atoms with Gasteiger partial charge in [0.15, 0.2) is 6.61 Å². The third kappa shape index (κ3) is 12.2. The number of ether oxygens (including phenoxy) is 2. The van der Waals surface area contributed by atoms with Crippen LogP contribution in [0.5, 0.6) is 0 Å². The van der Waals surface area contributed by atoms with E-state index in [0.29, 0.717) is 19.5 Å². The van der Waals surface area contributed by atoms with Crippen LogP contribution in [0.1, 0.15) is 32.8 Å². The molecule has 0 radical (unpaired) electrons. The molecule has 1 rings (SSSR count). The molecule has 3 amide bonds. The second-order valence-electron chi connectivity index (χ2n) is 6.58. The van der Waals surface area contributed by atoms with Crippen molar-refractivity contribution in [2.75, 3.05) is 19.7 Å². The number of rotatable bonds is 9. The van der Waals surface area contributed by atoms with Crippen LogP contribution in [0.25, 0.3) is 0 Å². The molecule has 150 valence electrons. The fraction of sp³-hybridized carbons (Fsp3) is 0.500. The van der Waals surface area contributed by atoms with Crippen LogP contribution in [0, 0.1) is 0 Å². The SMILES string of the molecule is CC(C)(C)OC(=O)NOCC(=O)NCCCNC(=O)OCc1ccccc1. The normalized spacial score (nSPS) is 10.6. The fourth-order valence-corrected chi connectivity index (χ4v) is 1.79. The van der Waals surface area contributed by atoms with E-state index in [1.54, 1.807) is 20.8 Å². The Labute approximate surface area is 158 Å². The van der Waals surface area contributed by atoms with Gasteiger partial charge in [-0.3, -0.25) is 9.63 Å². The van der Waals surface area contributed by atoms with Crippen molar-refractivity contribution in [2.45, 2.75) is 39.4 Å². The molecule has 9 nitrogen and oxygen atoms in total. The van der Waals surface area contributed by atoms with Gasteiger partial charge in [-0.05, 0) is 32.8 Å². The van der Waals surface area contributed by atoms with E-state index < -0.39 is 23.7 Å². The largest absolute Gasteiger partial charge is 0.445 e. The molecule has 9 heteroatoms. The van der Waals surface area contributed by atoms with E-state index in [1.165, 1.54) is 0 Å². The van der Waals surface area contributed by atoms with Gasteiger partial charge in [-0.1, -0.05) is 30.3 Å². The van der Waals surface area contributed by atoms with Crippen molar-refractivity contribution < 1.29 is 28.7 Å². The first-order chi connectivity index (χ1) is 12.8. The maximum absolute atomic E-state index is 11.5. The standard InChI is InChI=1S/C18H27N3O6/c1-18(2,3)27-17(24)21-26-13-15(22)19-10-7-11-20-16(23)25-12-14-8-5-4-6-9-14/h4-6,8-9H,7,10-13H2,1-3H3,(H,19,22)(H,20,23)(H,21,24). The molecule has 0 aromatic heterocycles. The van der Waals surface area contributed by atoms with Gasteiger partial charge < -0.3 is 20.1 Å². The quantitative estimate of drug-likeness (QED) is 0.444. The Kier molecular flexibility index (Phi) is 9.66. The summed E-state index contributed by atoms with van der Waals surface area (Å²) in [6, 6.07) is 9.35. The van der Waals surface area contributed by atoms with E-state index in [0.717, 1.165) is 5.56 Å². The number of alkyl carbamates (subject to hydrolysis) is 1. The average Bonchev–Trinajstić information content (AvgIpc) is 2.59. The Hall–Kier alpha value is -2.81. The van der Waals surface area contributed by atoms with Crippen LogP contribution in [0.4, 0.5) is 9.59 Å². The molecule has 0 heterocycles. The zero-order valence-corrected chi connectivity index (χ0v) is 15.9. The van der Waals surface area contributed by atoms with Gasteiger partial charge in [0.05, 0.1) is 0 Å². The van der Waals surface area contributed by atoms with Gasteiger partial charge in [0.25, 0.3) is 0 Å². The van der Waals surface area contributed by atoms with Gasteiger partial charge in [0.2, 0.25) is 5.91 Å². The lowest BCUT2D eigenvalue weighted by Crippen LogP contribution is -2.37. The molecule has 0 saturated carbocycles. The third-order valence-electron chi connectivity index (χ3n) is 2.92. The zero-order chi connectivity index (χ0) is 20.1. The molecule has 1 aromatic rings. The number of hydrogen-bond acceptors (Lipinski definition) is 6. The number of nitrogens with one attached hydrogen (secondary N) is 3. The maximum Gasteiger partial charge on any atom is 0.431 e. The highest BCUT2D eigenvalue weighted by atomic mass is 16.7. The van der Waals surface area contributed by atoms with E-state index >= 15 is 0 Å². The monoisotopic (exact) mass is 381 g/mol. The maximum atomic E-state index is 11.5. The Morgan fingerprint density at radius 2 is 1.63 bits per heavy atom. The Morgan fingerprint density at radius 1 is 0.963 bits per heavy atom. The molecule has 0 spiro atoms. The molecule has 1 aromatic carbocycles. The van der Waals surface area contributed by atoms with Gasteiger partial charge in [0.1, 0.15) is 12.2 Å². The van der Waals surface area contributed by atoms with E-state index in [4.69, 9.17) is 14.3 Å². The lowest BCUT2D eigenvalue weighted by Gasteiger charge is -2.19. The molecule has 0 bridgehead atoms. The molecule has 0 atom stereocenters. The lowest BCUT2D eigenvalue weighted by atomic mass is 10.2. The number of hydroxylamine groups is 1. The van der Waals surface area contributed by atoms with Gasteiger partial charge in [0, 0.05) is 13.1 Å². The van der Waals surface area contributed by atoms with Crippen molar-refractivity contribution in [2.24, 2.45) is 0 Å². The van der Waals surface area contributed by atoms with Crippen molar-refractivity contribution in [1.29, 1.82) is 0 Å². The smallest absolute Gasteiger partial charge is 0.431 e. The summed E-state index contributed by atoms with van der Waals surface area (Å²) in [6.45, 7) is 5.69. The molecule has 0 aliphatic rings. The van der Waals surface area contributed by atoms with Crippen LogP contribution >= 0.6 is 0 Å². The molecule has 0 aliphatic carbocycles. The highest BCUT2D eigenvalue weighted by molar-refractivity contribution is 5.77. The van der Waals surface area contributed by atoms with Crippen LogP contribution in [0.3, 0.4) is 0 Å². The van der Waals surface area contributed by atoms with Crippen molar-refractivity contribution in [1.82, 2.24) is 16.1 Å². The van der Waals surface area contributed by atoms with Crippen LogP contribution in [-0.2, 0) is 25.7 Å². The van der Waals surface area contributed by atoms with Crippen LogP contribution in [0.2, 0.25) is 0 Å². The molecular formula is C18H27N3O6. The van der Waals surface area contributed by atoms with Crippen LogP contribution in [0.15, 0.2) is 30.3 Å². The first kappa shape index (κ1) is 22.2. The highest BCUT2D eigenvalue weighted by Crippen LogP contribution is 2.06. The zero-order valence-electron chi connectivity index (χ0n) is 15.9. The van der Waals surface area contributed by atoms with Crippen molar-refractivity contribution in [3.05, 3.63) is 35.9 Å². The minimum atomic E-state index is -0.770. The van der Waals surface area contributed by atoms with Crippen LogP contribution in [-0.4, -0.2) is 43.4 Å². The number of hydrogen-bond donors (Lipinski definition) is 3. The second kappa shape index (κ2) is 11.7. The van der Waals surface area contributed by atoms with Gasteiger partial charge in [-0.15, -0.1) is 0 Å². The molecule has 0 unspecified atom stereocenters. The Morgan fingerprint density at radius 3 is 2.30 bits per heavy atom. The lowest BCUT2D eigenvalue weighted by molar-refractivity contribution is -0.128. The number of carbonyl (C=O) groups excluding carboxylic acids is 3. The van der Waals surface area contributed by atoms with Gasteiger partial charge in [-0.2, -0.15) is 5.48 Å². The van der Waals surface area contributed by atoms with Crippen molar-refractivity contribution in [3.8, 4) is 0 Å². The predicted octanol–water partition coefficient (Wildman–Crippen LogP) is 1.88. The topological polar surface area (TPSA) is 115 Å². The molecule has 0 fully saturated rings. The van der Waals surface area contributed by atoms with Gasteiger partial charge >= 0.3 is 12.2 Å². The molecule has 27 heavy (non-hydrogen) atoms. The molecule has 0 aliphatic heterocycles. The Balaban J connectivity index is 2.00. The van der Waals surface area contributed by atoms with Crippen molar-refractivity contribution in [3.63, 3.8) is 0 Å². The first-order valence-electron chi connectivity index (χ1n) is 8.58. The minimum Gasteiger partial charge on any atom is -0.445 e. The summed E-state index contributed by atoms with van der Waals surface area (Å²) in [5.74, 6) is -0.405.